The number of esters is 3. The molecule has 3 aromatic rings. The maximum absolute atomic E-state index is 14.2. The standard InChI is InChI=1S/C34H42N6O12/c1-17(41)36-26-12-13-40(32(46)39-26)31-29(50-20(4)44)28(49-19(3)43)27(51-31)25(16-48-18(2)42)37-30(45)24(38-33(47)52-34(5,6)7)14-21-15-35-23-11-9-8-10-22(21)23/h8-13,15,24-25,27-29,31,35H,14,16H2,1-7H3,(H,37,45)(H,38,47)(H,36,39,41,46)/t24-,25-,27+,28-,29-,31+/m0/s1. The summed E-state index contributed by atoms with van der Waals surface area (Å²) in [5.74, 6) is -3.71. The number of ether oxygens (including phenoxy) is 5. The van der Waals surface area contributed by atoms with Gasteiger partial charge in [0.1, 0.15) is 30.2 Å². The molecular weight excluding hydrogens is 684 g/mol. The Kier molecular flexibility index (Phi) is 12.4. The summed E-state index contributed by atoms with van der Waals surface area (Å²) < 4.78 is 29.0. The molecule has 2 aromatic heterocycles. The van der Waals surface area contributed by atoms with Crippen LogP contribution in [-0.2, 0) is 54.1 Å². The van der Waals surface area contributed by atoms with Crippen molar-refractivity contribution in [3.63, 3.8) is 0 Å². The molecule has 4 rings (SSSR count). The zero-order valence-electron chi connectivity index (χ0n) is 29.7. The van der Waals surface area contributed by atoms with Gasteiger partial charge in [-0.1, -0.05) is 18.2 Å². The maximum Gasteiger partial charge on any atom is 0.408 e. The average Bonchev–Trinajstić information content (AvgIpc) is 3.58. The summed E-state index contributed by atoms with van der Waals surface area (Å²) in [6.45, 7) is 8.98. The van der Waals surface area contributed by atoms with E-state index in [4.69, 9.17) is 23.7 Å². The largest absolute Gasteiger partial charge is 0.464 e. The van der Waals surface area contributed by atoms with Crippen molar-refractivity contribution >= 4 is 52.5 Å². The van der Waals surface area contributed by atoms with Crippen LogP contribution in [0, 0.1) is 0 Å². The Bertz CT molecular complexity index is 1880. The van der Waals surface area contributed by atoms with Crippen LogP contribution in [0.1, 0.15) is 60.3 Å². The molecule has 0 saturated carbocycles. The zero-order valence-corrected chi connectivity index (χ0v) is 29.7. The highest BCUT2D eigenvalue weighted by atomic mass is 16.6. The van der Waals surface area contributed by atoms with Crippen molar-refractivity contribution < 1.29 is 52.5 Å². The third-order valence-electron chi connectivity index (χ3n) is 7.53. The van der Waals surface area contributed by atoms with Gasteiger partial charge in [-0.25, -0.2) is 9.59 Å². The fourth-order valence-corrected chi connectivity index (χ4v) is 5.60. The molecule has 52 heavy (non-hydrogen) atoms. The van der Waals surface area contributed by atoms with Crippen molar-refractivity contribution in [2.75, 3.05) is 11.9 Å². The molecule has 0 spiro atoms. The Morgan fingerprint density at radius 1 is 0.942 bits per heavy atom. The fraction of sp³-hybridized carbons (Fsp3) is 0.471. The SMILES string of the molecule is CC(=O)Nc1ccn([C@@H]2O[C@H]([C@H](COC(C)=O)NC(=O)[C@H](Cc3c[nH]c4ccccc34)NC(=O)OC(C)(C)C)[C@H](OC(C)=O)[C@@H]2OC(C)=O)c(=O)n1. The highest BCUT2D eigenvalue weighted by Gasteiger charge is 2.54. The second kappa shape index (κ2) is 16.5. The molecule has 1 aromatic carbocycles. The van der Waals surface area contributed by atoms with Gasteiger partial charge in [-0.2, -0.15) is 4.98 Å². The van der Waals surface area contributed by atoms with E-state index in [1.807, 2.05) is 24.3 Å². The quantitative estimate of drug-likeness (QED) is 0.154. The van der Waals surface area contributed by atoms with Crippen molar-refractivity contribution in [1.29, 1.82) is 0 Å². The molecule has 0 radical (unpaired) electrons. The molecule has 280 valence electrons. The van der Waals surface area contributed by atoms with E-state index in [2.05, 4.69) is 25.9 Å². The lowest BCUT2D eigenvalue weighted by Gasteiger charge is -2.30. The van der Waals surface area contributed by atoms with Crippen molar-refractivity contribution in [2.24, 2.45) is 0 Å². The minimum Gasteiger partial charge on any atom is -0.464 e. The van der Waals surface area contributed by atoms with E-state index in [1.54, 1.807) is 27.0 Å². The lowest BCUT2D eigenvalue weighted by molar-refractivity contribution is -0.166. The summed E-state index contributed by atoms with van der Waals surface area (Å²) >= 11 is 0. The second-order valence-electron chi connectivity index (χ2n) is 13.0. The van der Waals surface area contributed by atoms with Crippen LogP contribution in [-0.4, -0.2) is 93.0 Å². The Morgan fingerprint density at radius 3 is 2.23 bits per heavy atom. The molecule has 18 nitrogen and oxygen atoms in total. The van der Waals surface area contributed by atoms with Crippen molar-refractivity contribution in [1.82, 2.24) is 25.2 Å². The third kappa shape index (κ3) is 10.4. The number of aromatic amines is 1. The van der Waals surface area contributed by atoms with E-state index in [9.17, 15) is 33.6 Å². The van der Waals surface area contributed by atoms with Crippen LogP contribution in [0.25, 0.3) is 10.9 Å². The molecule has 4 N–H and O–H groups in total. The van der Waals surface area contributed by atoms with E-state index in [-0.39, 0.29) is 12.2 Å². The molecule has 18 heteroatoms. The Hall–Kier alpha value is -5.78. The van der Waals surface area contributed by atoms with Crippen molar-refractivity contribution in [2.45, 2.75) is 97.1 Å². The van der Waals surface area contributed by atoms with Gasteiger partial charge < -0.3 is 44.6 Å². The number of hydrogen-bond donors (Lipinski definition) is 4. The predicted octanol–water partition coefficient (Wildman–Crippen LogP) is 1.63. The smallest absolute Gasteiger partial charge is 0.408 e. The number of anilines is 1. The number of hydrogen-bond acceptors (Lipinski definition) is 13. The second-order valence-corrected chi connectivity index (χ2v) is 13.0. The molecule has 0 bridgehead atoms. The van der Waals surface area contributed by atoms with Crippen LogP contribution in [0.2, 0.25) is 0 Å². The van der Waals surface area contributed by atoms with Crippen molar-refractivity contribution in [3.8, 4) is 0 Å². The molecule has 6 atom stereocenters. The highest BCUT2D eigenvalue weighted by Crippen LogP contribution is 2.35. The van der Waals surface area contributed by atoms with Gasteiger partial charge in [-0.05, 0) is 38.5 Å². The van der Waals surface area contributed by atoms with Crippen LogP contribution >= 0.6 is 0 Å². The van der Waals surface area contributed by atoms with Gasteiger partial charge in [0.2, 0.25) is 11.8 Å². The summed E-state index contributed by atoms with van der Waals surface area (Å²) in [7, 11) is 0. The number of benzene rings is 1. The van der Waals surface area contributed by atoms with Crippen molar-refractivity contribution in [3.05, 3.63) is 58.8 Å². The molecule has 3 heterocycles. The van der Waals surface area contributed by atoms with E-state index in [1.165, 1.54) is 19.2 Å². The average molecular weight is 727 g/mol. The first-order valence-electron chi connectivity index (χ1n) is 16.3. The van der Waals surface area contributed by atoms with E-state index >= 15 is 0 Å². The number of alkyl carbamates (subject to hydrolysis) is 1. The molecule has 0 aliphatic carbocycles. The number of rotatable bonds is 12. The van der Waals surface area contributed by atoms with Gasteiger partial charge in [-0.15, -0.1) is 0 Å². The summed E-state index contributed by atoms with van der Waals surface area (Å²) in [5, 5.41) is 8.52. The van der Waals surface area contributed by atoms with Gasteiger partial charge in [0.05, 0.1) is 6.04 Å². The minimum absolute atomic E-state index is 0.0192. The molecule has 0 unspecified atom stereocenters. The molecule has 1 saturated heterocycles. The number of aromatic nitrogens is 3. The van der Waals surface area contributed by atoms with Gasteiger partial charge in [0.15, 0.2) is 18.4 Å². The van der Waals surface area contributed by atoms with Gasteiger partial charge in [-0.3, -0.25) is 28.5 Å². The lowest BCUT2D eigenvalue weighted by atomic mass is 10.0. The predicted molar refractivity (Wildman–Crippen MR) is 182 cm³/mol. The lowest BCUT2D eigenvalue weighted by Crippen LogP contribution is -2.57. The monoisotopic (exact) mass is 726 g/mol. The number of carbonyl (C=O) groups is 6. The van der Waals surface area contributed by atoms with Crippen LogP contribution in [0.3, 0.4) is 0 Å². The van der Waals surface area contributed by atoms with Crippen LogP contribution in [0.15, 0.2) is 47.5 Å². The minimum atomic E-state index is -1.48. The Morgan fingerprint density at radius 2 is 1.62 bits per heavy atom. The summed E-state index contributed by atoms with van der Waals surface area (Å²) in [6.07, 6.45) is -3.83. The zero-order chi connectivity index (χ0) is 38.3. The molecule has 1 aliphatic heterocycles. The maximum atomic E-state index is 14.2. The summed E-state index contributed by atoms with van der Waals surface area (Å²) in [5.41, 5.74) is -0.353. The summed E-state index contributed by atoms with van der Waals surface area (Å²) in [6, 6.07) is 6.06. The summed E-state index contributed by atoms with van der Waals surface area (Å²) in [4.78, 5) is 95.5. The van der Waals surface area contributed by atoms with Gasteiger partial charge >= 0.3 is 29.7 Å². The fourth-order valence-electron chi connectivity index (χ4n) is 5.60. The van der Waals surface area contributed by atoms with Gasteiger partial charge in [0.25, 0.3) is 0 Å². The van der Waals surface area contributed by atoms with Crippen LogP contribution < -0.4 is 21.6 Å². The molecule has 1 aliphatic rings. The van der Waals surface area contributed by atoms with E-state index < -0.39 is 90.3 Å². The number of nitrogens with zero attached hydrogens (tertiary/aromatic N) is 2. The van der Waals surface area contributed by atoms with Gasteiger partial charge in [0, 0.05) is 57.4 Å². The molecule has 3 amide bonds. The topological polar surface area (TPSA) is 235 Å². The molecular formula is C34H42N6O12. The first-order chi connectivity index (χ1) is 24.4. The first-order valence-corrected chi connectivity index (χ1v) is 16.3. The van der Waals surface area contributed by atoms with Crippen LogP contribution in [0.4, 0.5) is 10.6 Å². The highest BCUT2D eigenvalue weighted by molar-refractivity contribution is 5.89. The molecule has 1 fully saturated rings. The normalized spacial score (nSPS) is 19.5. The number of amides is 3. The third-order valence-corrected chi connectivity index (χ3v) is 7.53. The van der Waals surface area contributed by atoms with Crippen LogP contribution in [0.5, 0.6) is 0 Å². The number of carbonyl (C=O) groups excluding carboxylic acids is 6. The number of nitrogens with one attached hydrogen (secondary N) is 4. The number of para-hydroxylation sites is 1. The Balaban J connectivity index is 1.73. The number of fused-ring (bicyclic) bond motifs is 1. The number of H-pyrrole nitrogens is 1. The van der Waals surface area contributed by atoms with E-state index in [0.29, 0.717) is 5.56 Å². The Labute approximate surface area is 297 Å². The van der Waals surface area contributed by atoms with E-state index in [0.717, 1.165) is 36.2 Å². The first kappa shape index (κ1) is 39.0.